The van der Waals surface area contributed by atoms with Crippen molar-refractivity contribution in [3.63, 3.8) is 0 Å². The van der Waals surface area contributed by atoms with Gasteiger partial charge in [-0.25, -0.2) is 0 Å². The first-order valence-corrected chi connectivity index (χ1v) is 10.6. The van der Waals surface area contributed by atoms with Gasteiger partial charge in [-0.1, -0.05) is 18.2 Å². The molecule has 0 amide bonds. The Morgan fingerprint density at radius 3 is 2.39 bits per heavy atom. The molecule has 0 aliphatic rings. The van der Waals surface area contributed by atoms with Gasteiger partial charge in [-0.2, -0.15) is 0 Å². The molecule has 3 aromatic heterocycles. The molecule has 0 aliphatic heterocycles. The van der Waals surface area contributed by atoms with Crippen LogP contribution < -0.4 is 0 Å². The molecule has 33 heavy (non-hydrogen) atoms. The smallest absolute Gasteiger partial charge is 0.146 e. The number of pyridine rings is 2. The second-order valence-corrected chi connectivity index (χ2v) is 7.92. The first kappa shape index (κ1) is 22.8. The van der Waals surface area contributed by atoms with Crippen molar-refractivity contribution in [3.05, 3.63) is 108 Å². The second kappa shape index (κ2) is 9.66. The van der Waals surface area contributed by atoms with Crippen LogP contribution >= 0.6 is 0 Å². The average Bonchev–Trinajstić information content (AvgIpc) is 3.23. The fourth-order valence-electron chi connectivity index (χ4n) is 3.76. The van der Waals surface area contributed by atoms with Crippen molar-refractivity contribution in [3.8, 4) is 11.3 Å². The summed E-state index contributed by atoms with van der Waals surface area (Å²) in [5.41, 5.74) is 8.22. The van der Waals surface area contributed by atoms with Crippen LogP contribution in [0.25, 0.3) is 44.1 Å². The molecular formula is C29H22IrN2O-2. The Morgan fingerprint density at radius 1 is 0.788 bits per heavy atom. The topological polar surface area (TPSA) is 38.9 Å². The normalized spacial score (nSPS) is 10.6. The molecule has 0 saturated carbocycles. The van der Waals surface area contributed by atoms with Crippen molar-refractivity contribution in [2.24, 2.45) is 0 Å². The summed E-state index contributed by atoms with van der Waals surface area (Å²) >= 11 is 0. The Labute approximate surface area is 206 Å². The molecule has 3 nitrogen and oxygen atoms in total. The van der Waals surface area contributed by atoms with E-state index in [1.165, 1.54) is 5.56 Å². The van der Waals surface area contributed by atoms with E-state index in [0.29, 0.717) is 0 Å². The van der Waals surface area contributed by atoms with Crippen molar-refractivity contribution >= 4 is 32.8 Å². The monoisotopic (exact) mass is 607 g/mol. The third-order valence-corrected chi connectivity index (χ3v) is 5.68. The molecule has 165 valence electrons. The zero-order chi connectivity index (χ0) is 22.1. The second-order valence-electron chi connectivity index (χ2n) is 7.92. The largest absolute Gasteiger partial charge is 0.465 e. The minimum atomic E-state index is 0. The third-order valence-electron chi connectivity index (χ3n) is 5.68. The summed E-state index contributed by atoms with van der Waals surface area (Å²) in [6, 6.07) is 28.5. The summed E-state index contributed by atoms with van der Waals surface area (Å²) in [7, 11) is 0. The molecule has 0 fully saturated rings. The minimum absolute atomic E-state index is 0. The van der Waals surface area contributed by atoms with Crippen LogP contribution in [0.15, 0.2) is 83.5 Å². The van der Waals surface area contributed by atoms with Crippen molar-refractivity contribution in [2.75, 3.05) is 0 Å². The number of fused-ring (bicyclic) bond motifs is 5. The summed E-state index contributed by atoms with van der Waals surface area (Å²) in [6.07, 6.45) is 3.78. The molecule has 0 unspecified atom stereocenters. The predicted octanol–water partition coefficient (Wildman–Crippen LogP) is 7.41. The standard InChI is InChI=1S/C17H12NO.C12H10N.Ir/c1-10-9-18-16-15-13-6-4-3-5-12(13)7-8-14(15)19-17(16)11(10)2;1-10-7-8-12(13-9-10)11-5-3-2-4-6-11;/h3-5,7-9H,1-2H3;2-5,7-9H,1H3;/q2*-1;. The zero-order valence-corrected chi connectivity index (χ0v) is 21.0. The van der Waals surface area contributed by atoms with Crippen molar-refractivity contribution in [1.82, 2.24) is 9.97 Å². The molecule has 3 aromatic carbocycles. The van der Waals surface area contributed by atoms with Crippen LogP contribution in [-0.4, -0.2) is 9.97 Å². The van der Waals surface area contributed by atoms with Crippen LogP contribution in [0.3, 0.4) is 0 Å². The molecule has 0 aliphatic carbocycles. The average molecular weight is 607 g/mol. The Balaban J connectivity index is 0.000000164. The minimum Gasteiger partial charge on any atom is -0.465 e. The number of furan rings is 1. The fourth-order valence-corrected chi connectivity index (χ4v) is 3.76. The van der Waals surface area contributed by atoms with Crippen LogP contribution in [0.2, 0.25) is 0 Å². The molecule has 0 spiro atoms. The SMILES string of the molecule is Cc1ccc(-c2[c-]cccc2)nc1.Cc1cnc2c(oc3ccc4ccc[c-]c4c32)c1C.[Ir]. The Kier molecular flexibility index (Phi) is 6.69. The van der Waals surface area contributed by atoms with Gasteiger partial charge in [0, 0.05) is 32.5 Å². The fraction of sp³-hybridized carbons (Fsp3) is 0.103. The van der Waals surface area contributed by atoms with Crippen molar-refractivity contribution in [1.29, 1.82) is 0 Å². The van der Waals surface area contributed by atoms with E-state index in [2.05, 4.69) is 54.1 Å². The number of benzene rings is 3. The van der Waals surface area contributed by atoms with Gasteiger partial charge in [0.1, 0.15) is 5.58 Å². The molecule has 0 bridgehead atoms. The number of nitrogens with zero attached hydrogens (tertiary/aromatic N) is 2. The van der Waals surface area contributed by atoms with Crippen LogP contribution in [-0.2, 0) is 20.1 Å². The van der Waals surface area contributed by atoms with E-state index in [0.717, 1.165) is 55.2 Å². The molecule has 6 rings (SSSR count). The Morgan fingerprint density at radius 2 is 1.64 bits per heavy atom. The van der Waals surface area contributed by atoms with Crippen LogP contribution in [0.4, 0.5) is 0 Å². The van der Waals surface area contributed by atoms with Gasteiger partial charge in [-0.15, -0.1) is 70.9 Å². The van der Waals surface area contributed by atoms with Gasteiger partial charge < -0.3 is 9.40 Å². The van der Waals surface area contributed by atoms with E-state index >= 15 is 0 Å². The maximum Gasteiger partial charge on any atom is 0.146 e. The first-order valence-electron chi connectivity index (χ1n) is 10.6. The molecule has 3 heterocycles. The quantitative estimate of drug-likeness (QED) is 0.183. The number of rotatable bonds is 1. The first-order chi connectivity index (χ1) is 15.6. The molecular weight excluding hydrogens is 585 g/mol. The zero-order valence-electron chi connectivity index (χ0n) is 18.6. The Hall–Kier alpha value is -3.33. The van der Waals surface area contributed by atoms with E-state index < -0.39 is 0 Å². The van der Waals surface area contributed by atoms with E-state index in [-0.39, 0.29) is 20.1 Å². The van der Waals surface area contributed by atoms with Gasteiger partial charge in [0.15, 0.2) is 0 Å². The predicted molar refractivity (Wildman–Crippen MR) is 131 cm³/mol. The van der Waals surface area contributed by atoms with E-state index in [4.69, 9.17) is 4.42 Å². The Bertz CT molecular complexity index is 1540. The number of hydrogen-bond acceptors (Lipinski definition) is 3. The van der Waals surface area contributed by atoms with Crippen LogP contribution in [0.5, 0.6) is 0 Å². The van der Waals surface area contributed by atoms with Gasteiger partial charge in [0.2, 0.25) is 0 Å². The summed E-state index contributed by atoms with van der Waals surface area (Å²) in [5.74, 6) is 0. The summed E-state index contributed by atoms with van der Waals surface area (Å²) in [6.45, 7) is 6.16. The summed E-state index contributed by atoms with van der Waals surface area (Å²) in [5, 5.41) is 3.31. The molecule has 4 heteroatoms. The molecule has 0 atom stereocenters. The molecule has 0 N–H and O–H groups in total. The van der Waals surface area contributed by atoms with Crippen molar-refractivity contribution in [2.45, 2.75) is 20.8 Å². The van der Waals surface area contributed by atoms with Crippen molar-refractivity contribution < 1.29 is 24.5 Å². The maximum atomic E-state index is 5.99. The summed E-state index contributed by atoms with van der Waals surface area (Å²) in [4.78, 5) is 8.88. The van der Waals surface area contributed by atoms with Crippen LogP contribution in [0, 0.1) is 32.9 Å². The third kappa shape index (κ3) is 4.45. The maximum absolute atomic E-state index is 5.99. The van der Waals surface area contributed by atoms with Gasteiger partial charge in [-0.05, 0) is 54.6 Å². The van der Waals surface area contributed by atoms with E-state index in [1.54, 1.807) is 0 Å². The van der Waals surface area contributed by atoms with Gasteiger partial charge in [-0.3, -0.25) is 4.98 Å². The molecule has 1 radical (unpaired) electrons. The van der Waals surface area contributed by atoms with Gasteiger partial charge in [0.05, 0.1) is 11.1 Å². The molecule has 6 aromatic rings. The van der Waals surface area contributed by atoms with Gasteiger partial charge in [0.25, 0.3) is 0 Å². The van der Waals surface area contributed by atoms with E-state index in [9.17, 15) is 0 Å². The number of aromatic nitrogens is 2. The van der Waals surface area contributed by atoms with E-state index in [1.807, 2.05) is 67.8 Å². The van der Waals surface area contributed by atoms with Crippen LogP contribution in [0.1, 0.15) is 16.7 Å². The number of aryl methyl sites for hydroxylation is 3. The van der Waals surface area contributed by atoms with Gasteiger partial charge >= 0.3 is 0 Å². The summed E-state index contributed by atoms with van der Waals surface area (Å²) < 4.78 is 5.99. The molecule has 0 saturated heterocycles. The number of hydrogen-bond donors (Lipinski definition) is 0.